The topological polar surface area (TPSA) is 86.7 Å². The molecule has 0 bridgehead atoms. The van der Waals surface area contributed by atoms with Gasteiger partial charge in [-0.15, -0.1) is 0 Å². The van der Waals surface area contributed by atoms with Crippen LogP contribution in [-0.2, 0) is 16.0 Å². The summed E-state index contributed by atoms with van der Waals surface area (Å²) in [5.41, 5.74) is 1.90. The van der Waals surface area contributed by atoms with Crippen LogP contribution in [-0.4, -0.2) is 40.9 Å². The van der Waals surface area contributed by atoms with Crippen molar-refractivity contribution in [1.29, 1.82) is 0 Å². The first kappa shape index (κ1) is 18.6. The molecular formula is C21H22N2O4. The molecule has 6 nitrogen and oxygen atoms in total. The zero-order valence-electron chi connectivity index (χ0n) is 14.9. The Labute approximate surface area is 157 Å². The van der Waals surface area contributed by atoms with Crippen molar-refractivity contribution in [3.05, 3.63) is 65.7 Å². The monoisotopic (exact) mass is 366 g/mol. The third kappa shape index (κ3) is 4.94. The van der Waals surface area contributed by atoms with Gasteiger partial charge in [0.25, 0.3) is 5.91 Å². The summed E-state index contributed by atoms with van der Waals surface area (Å²) in [6, 6.07) is 16.0. The van der Waals surface area contributed by atoms with Crippen molar-refractivity contribution in [2.24, 2.45) is 5.92 Å². The number of amides is 2. The van der Waals surface area contributed by atoms with Gasteiger partial charge in [-0.05, 0) is 42.7 Å². The van der Waals surface area contributed by atoms with E-state index in [4.69, 9.17) is 5.11 Å². The number of aliphatic carboxylic acids is 1. The minimum atomic E-state index is -0.908. The van der Waals surface area contributed by atoms with Gasteiger partial charge in [0.1, 0.15) is 0 Å². The number of nitrogens with zero attached hydrogens (tertiary/aromatic N) is 1. The molecule has 1 saturated heterocycles. The van der Waals surface area contributed by atoms with E-state index in [-0.39, 0.29) is 24.2 Å². The van der Waals surface area contributed by atoms with Gasteiger partial charge in [-0.1, -0.05) is 30.3 Å². The van der Waals surface area contributed by atoms with E-state index in [1.54, 1.807) is 41.3 Å². The molecule has 2 aromatic carbocycles. The van der Waals surface area contributed by atoms with Crippen LogP contribution in [0.1, 0.15) is 28.8 Å². The Kier molecular flexibility index (Phi) is 5.86. The molecule has 0 spiro atoms. The van der Waals surface area contributed by atoms with Gasteiger partial charge in [0.2, 0.25) is 5.91 Å². The summed E-state index contributed by atoms with van der Waals surface area (Å²) >= 11 is 0. The van der Waals surface area contributed by atoms with Crippen LogP contribution < -0.4 is 5.32 Å². The molecule has 27 heavy (non-hydrogen) atoms. The molecule has 2 aromatic rings. The number of hydrogen-bond donors (Lipinski definition) is 2. The lowest BCUT2D eigenvalue weighted by Gasteiger charge is -2.31. The van der Waals surface area contributed by atoms with Gasteiger partial charge in [-0.3, -0.25) is 14.4 Å². The smallest absolute Gasteiger partial charge is 0.307 e. The molecule has 1 fully saturated rings. The van der Waals surface area contributed by atoms with Gasteiger partial charge >= 0.3 is 5.97 Å². The molecule has 0 aliphatic carbocycles. The van der Waals surface area contributed by atoms with Crippen LogP contribution in [0.2, 0.25) is 0 Å². The number of carbonyl (C=O) groups excluding carboxylic acids is 2. The molecule has 0 aromatic heterocycles. The first-order chi connectivity index (χ1) is 13.0. The second-order valence-corrected chi connectivity index (χ2v) is 6.69. The minimum Gasteiger partial charge on any atom is -0.481 e. The molecule has 3 rings (SSSR count). The normalized spacial score (nSPS) is 14.6. The maximum atomic E-state index is 12.5. The molecular weight excluding hydrogens is 344 g/mol. The fraction of sp³-hybridized carbons (Fsp3) is 0.286. The third-order valence-corrected chi connectivity index (χ3v) is 4.72. The zero-order chi connectivity index (χ0) is 19.2. The predicted molar refractivity (Wildman–Crippen MR) is 101 cm³/mol. The van der Waals surface area contributed by atoms with E-state index in [2.05, 4.69) is 5.32 Å². The lowest BCUT2D eigenvalue weighted by molar-refractivity contribution is -0.136. The Hall–Kier alpha value is -3.15. The molecule has 1 heterocycles. The van der Waals surface area contributed by atoms with Crippen molar-refractivity contribution in [1.82, 2.24) is 4.90 Å². The lowest BCUT2D eigenvalue weighted by Crippen LogP contribution is -2.41. The zero-order valence-corrected chi connectivity index (χ0v) is 14.9. The molecule has 0 radical (unpaired) electrons. The fourth-order valence-electron chi connectivity index (χ4n) is 3.29. The summed E-state index contributed by atoms with van der Waals surface area (Å²) in [4.78, 5) is 37.6. The summed E-state index contributed by atoms with van der Waals surface area (Å²) in [5, 5.41) is 11.7. The lowest BCUT2D eigenvalue weighted by atomic mass is 9.95. The van der Waals surface area contributed by atoms with Crippen LogP contribution in [0.5, 0.6) is 0 Å². The molecule has 6 heteroatoms. The highest BCUT2D eigenvalue weighted by Gasteiger charge is 2.27. The average Bonchev–Trinajstić information content (AvgIpc) is 2.68. The van der Waals surface area contributed by atoms with Gasteiger partial charge in [0.15, 0.2) is 0 Å². The number of carboxylic acids is 1. The highest BCUT2D eigenvalue weighted by molar-refractivity contribution is 5.95. The molecule has 0 atom stereocenters. The number of hydrogen-bond acceptors (Lipinski definition) is 3. The predicted octanol–water partition coefficient (Wildman–Crippen LogP) is 2.80. The highest BCUT2D eigenvalue weighted by atomic mass is 16.4. The van der Waals surface area contributed by atoms with Crippen LogP contribution in [0.4, 0.5) is 5.69 Å². The molecule has 1 aliphatic heterocycles. The van der Waals surface area contributed by atoms with Crippen molar-refractivity contribution < 1.29 is 19.5 Å². The molecule has 1 aliphatic rings. The molecule has 140 valence electrons. The van der Waals surface area contributed by atoms with Crippen LogP contribution >= 0.6 is 0 Å². The number of carboxylic acid groups (broad SMARTS) is 1. The summed E-state index contributed by atoms with van der Waals surface area (Å²) < 4.78 is 0. The Bertz CT molecular complexity index is 827. The average molecular weight is 366 g/mol. The van der Waals surface area contributed by atoms with Gasteiger partial charge in [-0.2, -0.15) is 0 Å². The number of piperidine rings is 1. The van der Waals surface area contributed by atoms with E-state index in [0.29, 0.717) is 42.7 Å². The van der Waals surface area contributed by atoms with Crippen LogP contribution in [0, 0.1) is 5.92 Å². The molecule has 0 unspecified atom stereocenters. The van der Waals surface area contributed by atoms with E-state index < -0.39 is 5.97 Å². The number of nitrogens with one attached hydrogen (secondary N) is 1. The Balaban J connectivity index is 1.54. The fourth-order valence-corrected chi connectivity index (χ4v) is 3.29. The van der Waals surface area contributed by atoms with Gasteiger partial charge in [0, 0.05) is 30.3 Å². The quantitative estimate of drug-likeness (QED) is 0.852. The summed E-state index contributed by atoms with van der Waals surface area (Å²) in [6.07, 6.45) is 1.14. The Morgan fingerprint density at radius 1 is 1.00 bits per heavy atom. The first-order valence-electron chi connectivity index (χ1n) is 8.99. The van der Waals surface area contributed by atoms with Gasteiger partial charge in [0.05, 0.1) is 6.42 Å². The largest absolute Gasteiger partial charge is 0.481 e. The summed E-state index contributed by atoms with van der Waals surface area (Å²) in [5.74, 6) is -1.16. The van der Waals surface area contributed by atoms with Gasteiger partial charge in [-0.25, -0.2) is 0 Å². The standard InChI is InChI=1S/C21H22N2O4/c24-19(25)14-15-5-4-8-18(13-15)22-20(26)16-9-11-23(12-10-16)21(27)17-6-2-1-3-7-17/h1-8,13,16H,9-12,14H2,(H,22,26)(H,24,25). The molecule has 2 N–H and O–H groups in total. The second-order valence-electron chi connectivity index (χ2n) is 6.69. The number of likely N-dealkylation sites (tertiary alicyclic amines) is 1. The second kappa shape index (κ2) is 8.49. The highest BCUT2D eigenvalue weighted by Crippen LogP contribution is 2.21. The summed E-state index contributed by atoms with van der Waals surface area (Å²) in [6.45, 7) is 1.09. The maximum Gasteiger partial charge on any atom is 0.307 e. The van der Waals surface area contributed by atoms with Crippen molar-refractivity contribution in [2.75, 3.05) is 18.4 Å². The van der Waals surface area contributed by atoms with Crippen molar-refractivity contribution in [2.45, 2.75) is 19.3 Å². The first-order valence-corrected chi connectivity index (χ1v) is 8.99. The number of carbonyl (C=O) groups is 3. The Morgan fingerprint density at radius 2 is 1.70 bits per heavy atom. The SMILES string of the molecule is O=C(O)Cc1cccc(NC(=O)C2CCN(C(=O)c3ccccc3)CC2)c1. The van der Waals surface area contributed by atoms with Crippen molar-refractivity contribution >= 4 is 23.5 Å². The molecule has 2 amide bonds. The van der Waals surface area contributed by atoms with Crippen molar-refractivity contribution in [3.63, 3.8) is 0 Å². The van der Waals surface area contributed by atoms with Crippen LogP contribution in [0.15, 0.2) is 54.6 Å². The number of anilines is 1. The number of benzene rings is 2. The number of rotatable bonds is 5. The third-order valence-electron chi connectivity index (χ3n) is 4.72. The molecule has 0 saturated carbocycles. The summed E-state index contributed by atoms with van der Waals surface area (Å²) in [7, 11) is 0. The van der Waals surface area contributed by atoms with Crippen LogP contribution in [0.3, 0.4) is 0 Å². The van der Waals surface area contributed by atoms with E-state index in [0.717, 1.165) is 0 Å². The maximum absolute atomic E-state index is 12.5. The van der Waals surface area contributed by atoms with Gasteiger partial charge < -0.3 is 15.3 Å². The van der Waals surface area contributed by atoms with E-state index in [1.165, 1.54) is 0 Å². The Morgan fingerprint density at radius 3 is 2.37 bits per heavy atom. The van der Waals surface area contributed by atoms with Crippen molar-refractivity contribution in [3.8, 4) is 0 Å². The van der Waals surface area contributed by atoms with Crippen LogP contribution in [0.25, 0.3) is 0 Å². The van der Waals surface area contributed by atoms with E-state index >= 15 is 0 Å². The minimum absolute atomic E-state index is 0.00386. The van der Waals surface area contributed by atoms with E-state index in [9.17, 15) is 14.4 Å². The van der Waals surface area contributed by atoms with E-state index in [1.807, 2.05) is 18.2 Å².